The Morgan fingerprint density at radius 2 is 2.00 bits per heavy atom. The fourth-order valence-electron chi connectivity index (χ4n) is 1.47. The zero-order chi connectivity index (χ0) is 13.9. The molecule has 1 aromatic heterocycles. The van der Waals surface area contributed by atoms with Crippen molar-refractivity contribution in [3.63, 3.8) is 0 Å². The highest BCUT2D eigenvalue weighted by Crippen LogP contribution is 2.07. The number of carbonyl (C=O) groups is 1. The van der Waals surface area contributed by atoms with Crippen LogP contribution in [-0.2, 0) is 15.6 Å². The number of hydrogen-bond donors (Lipinski definition) is 1. The summed E-state index contributed by atoms with van der Waals surface area (Å²) in [5, 5.41) is 5.92. The lowest BCUT2D eigenvalue weighted by Crippen LogP contribution is -2.18. The van der Waals surface area contributed by atoms with Crippen molar-refractivity contribution in [1.82, 2.24) is 10.2 Å². The second-order valence-corrected chi connectivity index (χ2v) is 6.26. The lowest BCUT2D eigenvalue weighted by molar-refractivity contribution is 0.102. The summed E-state index contributed by atoms with van der Waals surface area (Å²) >= 11 is 4.64. The van der Waals surface area contributed by atoms with E-state index in [1.54, 1.807) is 30.3 Å². The first kappa shape index (κ1) is 13.6. The van der Waals surface area contributed by atoms with Gasteiger partial charge in [-0.05, 0) is 12.2 Å². The third kappa shape index (κ3) is 3.83. The third-order valence-corrected chi connectivity index (χ3v) is 3.84. The van der Waals surface area contributed by atoms with Gasteiger partial charge in [-0.25, -0.2) is 13.5 Å². The van der Waals surface area contributed by atoms with E-state index in [1.807, 2.05) is 0 Å². The summed E-state index contributed by atoms with van der Waals surface area (Å²) in [6, 6.07) is 8.23. The van der Waals surface area contributed by atoms with Gasteiger partial charge in [0.25, 0.3) is 4.84 Å². The third-order valence-electron chi connectivity index (χ3n) is 2.27. The quantitative estimate of drug-likeness (QED) is 0.664. The summed E-state index contributed by atoms with van der Waals surface area (Å²) in [5.41, 5.74) is 0.356. The summed E-state index contributed by atoms with van der Waals surface area (Å²) in [6.07, 6.45) is 0. The van der Waals surface area contributed by atoms with E-state index in [4.69, 9.17) is 4.42 Å². The number of aromatic nitrogens is 2. The van der Waals surface area contributed by atoms with Gasteiger partial charge in [-0.2, -0.15) is 0 Å². The van der Waals surface area contributed by atoms with Crippen LogP contribution in [0.25, 0.3) is 0 Å². The molecule has 0 aliphatic carbocycles. The molecule has 0 aliphatic rings. The van der Waals surface area contributed by atoms with Gasteiger partial charge in [0.1, 0.15) is 11.5 Å². The smallest absolute Gasteiger partial charge is 0.284 e. The van der Waals surface area contributed by atoms with Crippen LogP contribution in [0.3, 0.4) is 0 Å². The average Bonchev–Trinajstić information content (AvgIpc) is 2.74. The molecule has 0 unspecified atom stereocenters. The molecule has 0 saturated heterocycles. The number of aromatic amines is 1. The van der Waals surface area contributed by atoms with Gasteiger partial charge in [-0.3, -0.25) is 4.79 Å². The maximum Gasteiger partial charge on any atom is 0.284 e. The number of nitrogens with one attached hydrogen (secondary N) is 1. The van der Waals surface area contributed by atoms with Gasteiger partial charge in [0.2, 0.25) is 5.89 Å². The molecular formula is C11H10N2O4S2. The van der Waals surface area contributed by atoms with Crippen LogP contribution in [0.4, 0.5) is 0 Å². The second kappa shape index (κ2) is 5.45. The molecule has 2 rings (SSSR count). The Bertz CT molecular complexity index is 731. The largest absolute Gasteiger partial charge is 0.413 e. The Morgan fingerprint density at radius 3 is 2.58 bits per heavy atom. The molecule has 0 radical (unpaired) electrons. The average molecular weight is 298 g/mol. The lowest BCUT2D eigenvalue weighted by atomic mass is 10.2. The molecule has 0 spiro atoms. The number of H-pyrrole nitrogens is 1. The molecule has 1 aromatic carbocycles. The van der Waals surface area contributed by atoms with Gasteiger partial charge in [-0.1, -0.05) is 30.3 Å². The Morgan fingerprint density at radius 1 is 1.32 bits per heavy atom. The molecule has 0 saturated carbocycles. The minimum absolute atomic E-state index is 0.000383. The Kier molecular flexibility index (Phi) is 3.91. The summed E-state index contributed by atoms with van der Waals surface area (Å²) in [4.78, 5) is 11.8. The van der Waals surface area contributed by atoms with Crippen molar-refractivity contribution in [2.75, 3.05) is 5.75 Å². The van der Waals surface area contributed by atoms with E-state index in [9.17, 15) is 13.2 Å². The maximum atomic E-state index is 11.8. The number of hydrogen-bond acceptors (Lipinski definition) is 6. The van der Waals surface area contributed by atoms with Gasteiger partial charge in [0.05, 0.1) is 0 Å². The van der Waals surface area contributed by atoms with Crippen LogP contribution < -0.4 is 0 Å². The minimum Gasteiger partial charge on any atom is -0.413 e. The Hall–Kier alpha value is -1.80. The van der Waals surface area contributed by atoms with Crippen molar-refractivity contribution < 1.29 is 17.6 Å². The van der Waals surface area contributed by atoms with Crippen LogP contribution in [0.2, 0.25) is 0 Å². The normalized spacial score (nSPS) is 11.4. The molecule has 19 heavy (non-hydrogen) atoms. The first-order chi connectivity index (χ1) is 8.96. The number of nitrogens with zero attached hydrogens (tertiary/aromatic N) is 1. The van der Waals surface area contributed by atoms with Gasteiger partial charge in [-0.15, -0.1) is 5.10 Å². The molecule has 6 nitrogen and oxygen atoms in total. The highest BCUT2D eigenvalue weighted by molar-refractivity contribution is 7.91. The summed E-state index contributed by atoms with van der Waals surface area (Å²) in [7, 11) is -3.64. The van der Waals surface area contributed by atoms with E-state index in [-0.39, 0.29) is 10.7 Å². The van der Waals surface area contributed by atoms with Crippen molar-refractivity contribution in [1.29, 1.82) is 0 Å². The van der Waals surface area contributed by atoms with E-state index < -0.39 is 27.1 Å². The molecule has 2 aromatic rings. The van der Waals surface area contributed by atoms with Crippen molar-refractivity contribution >= 4 is 27.8 Å². The molecule has 0 fully saturated rings. The van der Waals surface area contributed by atoms with Crippen molar-refractivity contribution in [2.24, 2.45) is 0 Å². The van der Waals surface area contributed by atoms with Gasteiger partial charge in [0, 0.05) is 5.56 Å². The molecule has 8 heteroatoms. The topological polar surface area (TPSA) is 93.0 Å². The second-order valence-electron chi connectivity index (χ2n) is 3.83. The van der Waals surface area contributed by atoms with Crippen LogP contribution in [0.5, 0.6) is 0 Å². The number of ketones is 1. The van der Waals surface area contributed by atoms with E-state index in [2.05, 4.69) is 22.4 Å². The monoisotopic (exact) mass is 298 g/mol. The predicted molar refractivity (Wildman–Crippen MR) is 70.0 cm³/mol. The maximum absolute atomic E-state index is 11.8. The summed E-state index contributed by atoms with van der Waals surface area (Å²) in [6.45, 7) is 0. The molecule has 0 aliphatic heterocycles. The highest BCUT2D eigenvalue weighted by Gasteiger charge is 2.20. The SMILES string of the molecule is O=C(CS(=O)(=O)Cc1n[nH]c(=S)o1)c1ccccc1. The Labute approximate surface area is 114 Å². The van der Waals surface area contributed by atoms with Gasteiger partial charge >= 0.3 is 0 Å². The summed E-state index contributed by atoms with van der Waals surface area (Å²) < 4.78 is 28.5. The first-order valence-electron chi connectivity index (χ1n) is 5.29. The standard InChI is InChI=1S/C11H10N2O4S2/c14-9(8-4-2-1-3-5-8)6-19(15,16)7-10-12-13-11(18)17-10/h1-5H,6-7H2,(H,13,18). The van der Waals surface area contributed by atoms with Crippen molar-refractivity contribution in [3.8, 4) is 0 Å². The molecule has 1 heterocycles. The molecule has 0 atom stereocenters. The van der Waals surface area contributed by atoms with E-state index in [1.165, 1.54) is 0 Å². The Balaban J connectivity index is 2.09. The zero-order valence-electron chi connectivity index (χ0n) is 9.70. The van der Waals surface area contributed by atoms with E-state index >= 15 is 0 Å². The number of benzene rings is 1. The number of sulfone groups is 1. The van der Waals surface area contributed by atoms with Gasteiger partial charge < -0.3 is 4.42 Å². The molecule has 100 valence electrons. The van der Waals surface area contributed by atoms with Crippen molar-refractivity contribution in [3.05, 3.63) is 46.6 Å². The minimum atomic E-state index is -3.64. The van der Waals surface area contributed by atoms with E-state index in [0.29, 0.717) is 5.56 Å². The van der Waals surface area contributed by atoms with Crippen LogP contribution in [-0.4, -0.2) is 30.2 Å². The zero-order valence-corrected chi connectivity index (χ0v) is 11.3. The number of Topliss-reactive ketones (excluding diaryl/α,β-unsaturated/α-hetero) is 1. The number of carbonyl (C=O) groups excluding carboxylic acids is 1. The van der Waals surface area contributed by atoms with Crippen LogP contribution in [0.1, 0.15) is 16.2 Å². The molecule has 0 bridgehead atoms. The van der Waals surface area contributed by atoms with E-state index in [0.717, 1.165) is 0 Å². The number of rotatable bonds is 5. The van der Waals surface area contributed by atoms with Gasteiger partial charge in [0.15, 0.2) is 15.6 Å². The first-order valence-corrected chi connectivity index (χ1v) is 7.52. The fraction of sp³-hybridized carbons (Fsp3) is 0.182. The fourth-order valence-corrected chi connectivity index (χ4v) is 2.78. The van der Waals surface area contributed by atoms with Crippen LogP contribution in [0, 0.1) is 4.84 Å². The molecule has 1 N–H and O–H groups in total. The van der Waals surface area contributed by atoms with Crippen LogP contribution >= 0.6 is 12.2 Å². The lowest BCUT2D eigenvalue weighted by Gasteiger charge is -2.01. The predicted octanol–water partition coefficient (Wildman–Crippen LogP) is 1.53. The highest BCUT2D eigenvalue weighted by atomic mass is 32.2. The van der Waals surface area contributed by atoms with Crippen LogP contribution in [0.15, 0.2) is 34.7 Å². The molecule has 0 amide bonds. The molecular weight excluding hydrogens is 288 g/mol. The summed E-state index contributed by atoms with van der Waals surface area (Å²) in [5.74, 6) is -1.56. The van der Waals surface area contributed by atoms with Crippen molar-refractivity contribution in [2.45, 2.75) is 5.75 Å².